The molecular weight excluding hydrogens is 306 g/mol. The molecule has 2 heterocycles. The van der Waals surface area contributed by atoms with E-state index >= 15 is 0 Å². The van der Waals surface area contributed by atoms with Crippen LogP contribution in [0.3, 0.4) is 0 Å². The maximum absolute atomic E-state index is 11.5. The molecule has 6 heteroatoms. The van der Waals surface area contributed by atoms with Crippen LogP contribution >= 0.6 is 0 Å². The Hall–Kier alpha value is -2.18. The third kappa shape index (κ3) is 3.34. The van der Waals surface area contributed by atoms with Crippen molar-refractivity contribution in [3.8, 4) is 11.3 Å². The number of likely N-dealkylation sites (tertiary alicyclic amines) is 1. The Morgan fingerprint density at radius 3 is 2.96 bits per heavy atom. The Kier molecular flexibility index (Phi) is 4.69. The van der Waals surface area contributed by atoms with E-state index in [4.69, 9.17) is 0 Å². The predicted molar refractivity (Wildman–Crippen MR) is 90.6 cm³/mol. The van der Waals surface area contributed by atoms with Crippen molar-refractivity contribution >= 4 is 5.97 Å². The number of nitrogens with zero attached hydrogens (tertiary/aromatic N) is 2. The summed E-state index contributed by atoms with van der Waals surface area (Å²) in [5.41, 5.74) is 5.32. The molecule has 0 bridgehead atoms. The van der Waals surface area contributed by atoms with Crippen molar-refractivity contribution in [1.82, 2.24) is 15.1 Å². The summed E-state index contributed by atoms with van der Waals surface area (Å²) >= 11 is 0. The van der Waals surface area contributed by atoms with Crippen LogP contribution in [0.2, 0.25) is 0 Å². The van der Waals surface area contributed by atoms with Crippen LogP contribution < -0.4 is 0 Å². The molecule has 3 rings (SSSR count). The average Bonchev–Trinajstić information content (AvgIpc) is 2.99. The zero-order chi connectivity index (χ0) is 17.3. The molecule has 3 N–H and O–H groups in total. The van der Waals surface area contributed by atoms with Gasteiger partial charge in [0.15, 0.2) is 0 Å². The van der Waals surface area contributed by atoms with Gasteiger partial charge in [-0.1, -0.05) is 17.7 Å². The summed E-state index contributed by atoms with van der Waals surface area (Å²) in [4.78, 5) is 13.4. The molecule has 0 spiro atoms. The molecule has 0 aliphatic carbocycles. The predicted octanol–water partition coefficient (Wildman–Crippen LogP) is 2.10. The molecule has 24 heavy (non-hydrogen) atoms. The van der Waals surface area contributed by atoms with Gasteiger partial charge in [-0.05, 0) is 38.3 Å². The van der Waals surface area contributed by atoms with E-state index in [9.17, 15) is 15.0 Å². The van der Waals surface area contributed by atoms with Gasteiger partial charge in [-0.15, -0.1) is 0 Å². The first-order chi connectivity index (χ1) is 11.5. The van der Waals surface area contributed by atoms with Gasteiger partial charge in [-0.25, -0.2) is 0 Å². The molecule has 1 aliphatic heterocycles. The van der Waals surface area contributed by atoms with Crippen molar-refractivity contribution in [2.75, 3.05) is 6.54 Å². The summed E-state index contributed by atoms with van der Waals surface area (Å²) in [5.74, 6) is -0.884. The number of hydrogen-bond donors (Lipinski definition) is 3. The lowest BCUT2D eigenvalue weighted by Crippen LogP contribution is -2.48. The quantitative estimate of drug-likeness (QED) is 0.799. The number of carboxylic acids is 1. The number of aromatic nitrogens is 2. The molecule has 0 radical (unpaired) electrons. The van der Waals surface area contributed by atoms with Crippen molar-refractivity contribution in [3.05, 3.63) is 41.1 Å². The fourth-order valence-electron chi connectivity index (χ4n) is 3.33. The molecular formula is C18H23N3O3. The zero-order valence-corrected chi connectivity index (χ0v) is 14.0. The van der Waals surface area contributed by atoms with Crippen LogP contribution in [-0.4, -0.2) is 50.0 Å². The van der Waals surface area contributed by atoms with Gasteiger partial charge < -0.3 is 10.2 Å². The molecule has 1 saturated heterocycles. The third-order valence-electron chi connectivity index (χ3n) is 4.72. The largest absolute Gasteiger partial charge is 0.480 e. The Morgan fingerprint density at radius 1 is 1.42 bits per heavy atom. The van der Waals surface area contributed by atoms with Crippen LogP contribution in [0.4, 0.5) is 0 Å². The lowest BCUT2D eigenvalue weighted by molar-refractivity contribution is -0.146. The first-order valence-electron chi connectivity index (χ1n) is 8.20. The van der Waals surface area contributed by atoms with E-state index in [1.807, 2.05) is 11.8 Å². The maximum Gasteiger partial charge on any atom is 0.321 e. The van der Waals surface area contributed by atoms with Crippen LogP contribution in [0.15, 0.2) is 24.4 Å². The SMILES string of the molecule is Cc1ccc(C)c(-c2[nH]ncc2CN2CC[C@@H](O)C[C@H]2C(=O)O)c1. The van der Waals surface area contributed by atoms with Gasteiger partial charge in [0.2, 0.25) is 0 Å². The van der Waals surface area contributed by atoms with Gasteiger partial charge in [0.05, 0.1) is 18.0 Å². The average molecular weight is 329 g/mol. The minimum Gasteiger partial charge on any atom is -0.480 e. The fourth-order valence-corrected chi connectivity index (χ4v) is 3.33. The molecule has 128 valence electrons. The smallest absolute Gasteiger partial charge is 0.321 e. The molecule has 1 fully saturated rings. The first kappa shape index (κ1) is 16.7. The highest BCUT2D eigenvalue weighted by Gasteiger charge is 2.33. The highest BCUT2D eigenvalue weighted by molar-refractivity contribution is 5.74. The van der Waals surface area contributed by atoms with Crippen LogP contribution in [-0.2, 0) is 11.3 Å². The highest BCUT2D eigenvalue weighted by atomic mass is 16.4. The number of piperidine rings is 1. The van der Waals surface area contributed by atoms with E-state index in [1.54, 1.807) is 6.20 Å². The third-order valence-corrected chi connectivity index (χ3v) is 4.72. The second kappa shape index (κ2) is 6.75. The molecule has 1 aliphatic rings. The van der Waals surface area contributed by atoms with Crippen LogP contribution in [0.25, 0.3) is 11.3 Å². The highest BCUT2D eigenvalue weighted by Crippen LogP contribution is 2.28. The fraction of sp³-hybridized carbons (Fsp3) is 0.444. The van der Waals surface area contributed by atoms with Gasteiger partial charge in [0.1, 0.15) is 6.04 Å². The Bertz CT molecular complexity index is 741. The standard InChI is InChI=1S/C18H23N3O3/c1-11-3-4-12(2)15(7-11)17-13(9-19-20-17)10-21-6-5-14(22)8-16(21)18(23)24/h3-4,7,9,14,16,22H,5-6,8,10H2,1-2H3,(H,19,20)(H,23,24)/t14-,16+/m1/s1. The number of carboxylic acid groups (broad SMARTS) is 1. The maximum atomic E-state index is 11.5. The minimum absolute atomic E-state index is 0.270. The van der Waals surface area contributed by atoms with E-state index in [0.29, 0.717) is 19.5 Å². The van der Waals surface area contributed by atoms with Crippen LogP contribution in [0.1, 0.15) is 29.5 Å². The van der Waals surface area contributed by atoms with Gasteiger partial charge in [-0.2, -0.15) is 5.10 Å². The summed E-state index contributed by atoms with van der Waals surface area (Å²) < 4.78 is 0. The topological polar surface area (TPSA) is 89.5 Å². The number of hydrogen-bond acceptors (Lipinski definition) is 4. The van der Waals surface area contributed by atoms with E-state index in [-0.39, 0.29) is 6.42 Å². The van der Waals surface area contributed by atoms with E-state index < -0.39 is 18.1 Å². The summed E-state index contributed by atoms with van der Waals surface area (Å²) in [6.45, 7) is 5.17. The molecule has 0 saturated carbocycles. The lowest BCUT2D eigenvalue weighted by atomic mass is 9.97. The monoisotopic (exact) mass is 329 g/mol. The second-order valence-electron chi connectivity index (χ2n) is 6.59. The number of aliphatic hydroxyl groups excluding tert-OH is 1. The molecule has 0 unspecified atom stereocenters. The van der Waals surface area contributed by atoms with E-state index in [1.165, 1.54) is 5.56 Å². The lowest BCUT2D eigenvalue weighted by Gasteiger charge is -2.35. The number of rotatable bonds is 4. The van der Waals surface area contributed by atoms with E-state index in [0.717, 1.165) is 22.4 Å². The van der Waals surface area contributed by atoms with Gasteiger partial charge in [0.25, 0.3) is 0 Å². The van der Waals surface area contributed by atoms with Gasteiger partial charge >= 0.3 is 5.97 Å². The van der Waals surface area contributed by atoms with Crippen LogP contribution in [0, 0.1) is 13.8 Å². The number of carbonyl (C=O) groups is 1. The number of aliphatic carboxylic acids is 1. The van der Waals surface area contributed by atoms with Crippen LogP contribution in [0.5, 0.6) is 0 Å². The number of aromatic amines is 1. The van der Waals surface area contributed by atoms with Gasteiger partial charge in [0, 0.05) is 24.2 Å². The van der Waals surface area contributed by atoms with Crippen molar-refractivity contribution in [2.45, 2.75) is 45.4 Å². The van der Waals surface area contributed by atoms with Crippen molar-refractivity contribution in [1.29, 1.82) is 0 Å². The summed E-state index contributed by atoms with van der Waals surface area (Å²) in [6, 6.07) is 5.60. The molecule has 1 aromatic heterocycles. The summed E-state index contributed by atoms with van der Waals surface area (Å²) in [6.07, 6.45) is 2.10. The number of benzene rings is 1. The molecule has 0 amide bonds. The van der Waals surface area contributed by atoms with Crippen molar-refractivity contribution in [3.63, 3.8) is 0 Å². The Labute approximate surface area is 141 Å². The summed E-state index contributed by atoms with van der Waals surface area (Å²) in [5, 5.41) is 26.4. The first-order valence-corrected chi connectivity index (χ1v) is 8.20. The van der Waals surface area contributed by atoms with Crippen molar-refractivity contribution < 1.29 is 15.0 Å². The number of aliphatic hydroxyl groups is 1. The minimum atomic E-state index is -0.884. The molecule has 2 aromatic rings. The number of aryl methyl sites for hydroxylation is 2. The number of nitrogens with one attached hydrogen (secondary N) is 1. The Balaban J connectivity index is 1.88. The Morgan fingerprint density at radius 2 is 2.21 bits per heavy atom. The second-order valence-corrected chi connectivity index (χ2v) is 6.59. The molecule has 1 aromatic carbocycles. The van der Waals surface area contributed by atoms with Crippen molar-refractivity contribution in [2.24, 2.45) is 0 Å². The molecule has 6 nitrogen and oxygen atoms in total. The van der Waals surface area contributed by atoms with E-state index in [2.05, 4.69) is 35.3 Å². The normalized spacial score (nSPS) is 21.8. The molecule has 2 atom stereocenters. The zero-order valence-electron chi connectivity index (χ0n) is 14.0. The summed E-state index contributed by atoms with van der Waals surface area (Å²) in [7, 11) is 0. The van der Waals surface area contributed by atoms with Gasteiger partial charge in [-0.3, -0.25) is 14.8 Å². The number of H-pyrrole nitrogens is 1.